The van der Waals surface area contributed by atoms with Crippen LogP contribution in [0.3, 0.4) is 0 Å². The van der Waals surface area contributed by atoms with Crippen LogP contribution in [0.2, 0.25) is 0 Å². The lowest BCUT2D eigenvalue weighted by atomic mass is 9.78. The molecule has 0 spiro atoms. The molecule has 0 aromatic rings. The molecule has 0 radical (unpaired) electrons. The van der Waals surface area contributed by atoms with Gasteiger partial charge < -0.3 is 5.32 Å². The van der Waals surface area contributed by atoms with Gasteiger partial charge in [0.05, 0.1) is 5.88 Å². The molecule has 0 saturated carbocycles. The minimum atomic E-state index is -0.146. The first-order chi connectivity index (χ1) is 5.19. The van der Waals surface area contributed by atoms with E-state index in [-0.39, 0.29) is 17.1 Å². The average molecular weight is 176 g/mol. The van der Waals surface area contributed by atoms with Crippen molar-refractivity contribution in [2.24, 2.45) is 5.41 Å². The van der Waals surface area contributed by atoms with E-state index in [0.29, 0.717) is 0 Å². The van der Waals surface area contributed by atoms with E-state index in [1.165, 1.54) is 0 Å². The minimum Gasteiger partial charge on any atom is -0.317 e. The molecule has 0 aliphatic carbocycles. The molecule has 1 saturated heterocycles. The van der Waals surface area contributed by atoms with Crippen molar-refractivity contribution in [3.05, 3.63) is 0 Å². The van der Waals surface area contributed by atoms with Gasteiger partial charge in [-0.25, -0.2) is 0 Å². The first kappa shape index (κ1) is 9.01. The Balaban J connectivity index is 2.56. The fourth-order valence-electron chi connectivity index (χ4n) is 1.42. The molecule has 3 heteroatoms. The third-order valence-corrected chi connectivity index (χ3v) is 2.74. The quantitative estimate of drug-likeness (QED) is 0.639. The molecule has 0 amide bonds. The van der Waals surface area contributed by atoms with Crippen LogP contribution in [0.4, 0.5) is 0 Å². The Bertz CT molecular complexity index is 152. The standard InChI is InChI=1S/C8H14ClNO/c1-8(7(11)6-9)2-4-10-5-3-8/h10H,2-6H2,1H3. The number of carbonyl (C=O) groups excluding carboxylic acids is 1. The first-order valence-corrected chi connectivity index (χ1v) is 4.52. The SMILES string of the molecule is CC1(C(=O)CCl)CCNCC1. The monoisotopic (exact) mass is 175 g/mol. The molecule has 0 atom stereocenters. The van der Waals surface area contributed by atoms with Gasteiger partial charge in [0.1, 0.15) is 0 Å². The van der Waals surface area contributed by atoms with Gasteiger partial charge in [-0.2, -0.15) is 0 Å². The Morgan fingerprint density at radius 2 is 2.09 bits per heavy atom. The van der Waals surface area contributed by atoms with Crippen LogP contribution in [0.15, 0.2) is 0 Å². The molecule has 1 fully saturated rings. The molecule has 0 bridgehead atoms. The van der Waals surface area contributed by atoms with E-state index in [1.807, 2.05) is 6.92 Å². The van der Waals surface area contributed by atoms with E-state index in [1.54, 1.807) is 0 Å². The number of alkyl halides is 1. The Hall–Kier alpha value is -0.0800. The number of rotatable bonds is 2. The van der Waals surface area contributed by atoms with Crippen LogP contribution in [-0.2, 0) is 4.79 Å². The van der Waals surface area contributed by atoms with Crippen molar-refractivity contribution in [2.75, 3.05) is 19.0 Å². The van der Waals surface area contributed by atoms with Crippen molar-refractivity contribution in [1.29, 1.82) is 0 Å². The van der Waals surface area contributed by atoms with Crippen LogP contribution in [0.1, 0.15) is 19.8 Å². The summed E-state index contributed by atoms with van der Waals surface area (Å²) in [6.45, 7) is 3.90. The molecule has 1 rings (SSSR count). The Morgan fingerprint density at radius 1 is 1.55 bits per heavy atom. The molecule has 0 unspecified atom stereocenters. The Morgan fingerprint density at radius 3 is 2.55 bits per heavy atom. The zero-order valence-corrected chi connectivity index (χ0v) is 7.58. The Kier molecular flexibility index (Phi) is 2.90. The molecule has 0 aromatic heterocycles. The summed E-state index contributed by atoms with van der Waals surface area (Å²) in [5.41, 5.74) is -0.146. The summed E-state index contributed by atoms with van der Waals surface area (Å²) in [6.07, 6.45) is 1.86. The van der Waals surface area contributed by atoms with Crippen molar-refractivity contribution in [2.45, 2.75) is 19.8 Å². The maximum Gasteiger partial charge on any atom is 0.153 e. The van der Waals surface area contributed by atoms with Crippen LogP contribution in [0.25, 0.3) is 0 Å². The molecule has 2 nitrogen and oxygen atoms in total. The van der Waals surface area contributed by atoms with Gasteiger partial charge in [-0.3, -0.25) is 4.79 Å². The zero-order valence-electron chi connectivity index (χ0n) is 6.82. The average Bonchev–Trinajstić information content (AvgIpc) is 2.04. The summed E-state index contributed by atoms with van der Waals surface area (Å²) in [6, 6.07) is 0. The lowest BCUT2D eigenvalue weighted by Crippen LogP contribution is -2.40. The predicted molar refractivity (Wildman–Crippen MR) is 45.9 cm³/mol. The molecule has 11 heavy (non-hydrogen) atoms. The zero-order chi connectivity index (χ0) is 8.32. The largest absolute Gasteiger partial charge is 0.317 e. The maximum atomic E-state index is 11.3. The van der Waals surface area contributed by atoms with Gasteiger partial charge in [-0.1, -0.05) is 6.92 Å². The minimum absolute atomic E-state index is 0.146. The number of hydrogen-bond donors (Lipinski definition) is 1. The van der Waals surface area contributed by atoms with Crippen molar-refractivity contribution < 1.29 is 4.79 Å². The smallest absolute Gasteiger partial charge is 0.153 e. The van der Waals surface area contributed by atoms with Gasteiger partial charge in [-0.15, -0.1) is 11.6 Å². The van der Waals surface area contributed by atoms with E-state index in [2.05, 4.69) is 5.32 Å². The normalized spacial score (nSPS) is 23.1. The highest BCUT2D eigenvalue weighted by atomic mass is 35.5. The van der Waals surface area contributed by atoms with Crippen LogP contribution in [-0.4, -0.2) is 24.8 Å². The topological polar surface area (TPSA) is 29.1 Å². The molecule has 1 aliphatic rings. The van der Waals surface area contributed by atoms with Crippen molar-refractivity contribution in [3.63, 3.8) is 0 Å². The van der Waals surface area contributed by atoms with E-state index in [4.69, 9.17) is 11.6 Å². The molecular weight excluding hydrogens is 162 g/mol. The second-order valence-corrected chi connectivity index (χ2v) is 3.63. The summed E-state index contributed by atoms with van der Waals surface area (Å²) in [5.74, 6) is 0.358. The van der Waals surface area contributed by atoms with E-state index < -0.39 is 0 Å². The molecule has 1 heterocycles. The molecule has 1 N–H and O–H groups in total. The summed E-state index contributed by atoms with van der Waals surface area (Å²) in [4.78, 5) is 11.3. The lowest BCUT2D eigenvalue weighted by Gasteiger charge is -2.31. The van der Waals surface area contributed by atoms with E-state index in [0.717, 1.165) is 25.9 Å². The van der Waals surface area contributed by atoms with Gasteiger partial charge in [0, 0.05) is 5.41 Å². The number of Topliss-reactive ketones (excluding diaryl/α,β-unsaturated/α-hetero) is 1. The van der Waals surface area contributed by atoms with Crippen molar-refractivity contribution in [3.8, 4) is 0 Å². The lowest BCUT2D eigenvalue weighted by molar-refractivity contribution is -0.126. The van der Waals surface area contributed by atoms with Crippen molar-refractivity contribution >= 4 is 17.4 Å². The van der Waals surface area contributed by atoms with Gasteiger partial charge in [-0.05, 0) is 25.9 Å². The van der Waals surface area contributed by atoms with Gasteiger partial charge in [0.2, 0.25) is 0 Å². The number of ketones is 1. The van der Waals surface area contributed by atoms with Crippen LogP contribution < -0.4 is 5.32 Å². The van der Waals surface area contributed by atoms with E-state index >= 15 is 0 Å². The summed E-state index contributed by atoms with van der Waals surface area (Å²) in [7, 11) is 0. The fourth-order valence-corrected chi connectivity index (χ4v) is 1.74. The van der Waals surface area contributed by atoms with Gasteiger partial charge in [0.15, 0.2) is 5.78 Å². The van der Waals surface area contributed by atoms with Gasteiger partial charge in [0.25, 0.3) is 0 Å². The Labute approximate surface area is 72.3 Å². The summed E-state index contributed by atoms with van der Waals surface area (Å²) >= 11 is 5.51. The second kappa shape index (κ2) is 3.55. The van der Waals surface area contributed by atoms with Crippen LogP contribution in [0.5, 0.6) is 0 Å². The highest BCUT2D eigenvalue weighted by Crippen LogP contribution is 2.29. The fraction of sp³-hybridized carbons (Fsp3) is 0.875. The van der Waals surface area contributed by atoms with Gasteiger partial charge >= 0.3 is 0 Å². The van der Waals surface area contributed by atoms with Crippen molar-refractivity contribution in [1.82, 2.24) is 5.32 Å². The highest BCUT2D eigenvalue weighted by Gasteiger charge is 2.33. The molecule has 64 valence electrons. The first-order valence-electron chi connectivity index (χ1n) is 3.99. The predicted octanol–water partition coefficient (Wildman–Crippen LogP) is 1.18. The number of carbonyl (C=O) groups is 1. The highest BCUT2D eigenvalue weighted by molar-refractivity contribution is 6.28. The maximum absolute atomic E-state index is 11.3. The van der Waals surface area contributed by atoms with E-state index in [9.17, 15) is 4.79 Å². The second-order valence-electron chi connectivity index (χ2n) is 3.37. The third kappa shape index (κ3) is 1.94. The molecule has 0 aromatic carbocycles. The number of nitrogens with one attached hydrogen (secondary N) is 1. The summed E-state index contributed by atoms with van der Waals surface area (Å²) in [5, 5.41) is 3.22. The number of halogens is 1. The number of piperidine rings is 1. The number of hydrogen-bond acceptors (Lipinski definition) is 2. The third-order valence-electron chi connectivity index (χ3n) is 2.50. The van der Waals surface area contributed by atoms with Crippen LogP contribution in [0, 0.1) is 5.41 Å². The van der Waals surface area contributed by atoms with Crippen LogP contribution >= 0.6 is 11.6 Å². The molecular formula is C8H14ClNO. The summed E-state index contributed by atoms with van der Waals surface area (Å²) < 4.78 is 0. The molecule has 1 aliphatic heterocycles.